The van der Waals surface area contributed by atoms with Gasteiger partial charge in [0.1, 0.15) is 0 Å². The second-order valence-corrected chi connectivity index (χ2v) is 5.46. The van der Waals surface area contributed by atoms with Crippen molar-refractivity contribution in [3.05, 3.63) is 36.0 Å². The Morgan fingerprint density at radius 1 is 1.09 bits per heavy atom. The van der Waals surface area contributed by atoms with E-state index in [1.54, 1.807) is 0 Å². The number of hydrogen-bond acceptors (Lipinski definition) is 5. The van der Waals surface area contributed by atoms with Gasteiger partial charge in [0.05, 0.1) is 17.4 Å². The van der Waals surface area contributed by atoms with Gasteiger partial charge in [0.2, 0.25) is 5.95 Å². The summed E-state index contributed by atoms with van der Waals surface area (Å²) in [6.45, 7) is 0. The van der Waals surface area contributed by atoms with Crippen molar-refractivity contribution in [3.63, 3.8) is 0 Å². The zero-order chi connectivity index (χ0) is 16.3. The molecule has 1 saturated carbocycles. The summed E-state index contributed by atoms with van der Waals surface area (Å²) in [5.41, 5.74) is -0.863. The molecule has 0 aliphatic heterocycles. The highest BCUT2D eigenvalue weighted by Gasteiger charge is 2.33. The molecule has 1 heterocycles. The average molecular weight is 323 g/mol. The van der Waals surface area contributed by atoms with E-state index in [0.717, 1.165) is 18.9 Å². The van der Waals surface area contributed by atoms with Crippen LogP contribution in [0.4, 0.5) is 30.6 Å². The molecule has 3 rings (SSSR count). The molecule has 1 aliphatic rings. The second-order valence-electron chi connectivity index (χ2n) is 5.46. The fourth-order valence-electron chi connectivity index (χ4n) is 2.67. The van der Waals surface area contributed by atoms with Crippen LogP contribution in [0, 0.1) is 0 Å². The first-order valence-electron chi connectivity index (χ1n) is 7.42. The van der Waals surface area contributed by atoms with E-state index in [4.69, 9.17) is 0 Å². The van der Waals surface area contributed by atoms with Crippen LogP contribution in [0.3, 0.4) is 0 Å². The molecule has 122 valence electrons. The van der Waals surface area contributed by atoms with E-state index in [9.17, 15) is 13.2 Å². The lowest BCUT2D eigenvalue weighted by Crippen LogP contribution is -2.16. The lowest BCUT2D eigenvalue weighted by molar-refractivity contribution is -0.136. The predicted molar refractivity (Wildman–Crippen MR) is 80.4 cm³/mol. The largest absolute Gasteiger partial charge is 0.418 e. The Kier molecular flexibility index (Phi) is 4.31. The zero-order valence-electron chi connectivity index (χ0n) is 12.3. The molecule has 0 bridgehead atoms. The highest BCUT2D eigenvalue weighted by molar-refractivity contribution is 5.59. The monoisotopic (exact) mass is 323 g/mol. The molecule has 1 aliphatic carbocycles. The highest BCUT2D eigenvalue weighted by atomic mass is 19.4. The van der Waals surface area contributed by atoms with Gasteiger partial charge < -0.3 is 10.6 Å². The standard InChI is InChI=1S/C15H16F3N5/c16-15(17,18)11-7-3-4-8-12(11)21-14-22-13(9-19-23-14)20-10-5-1-2-6-10/h3-4,7-10H,1-2,5-6H2,(H2,20,21,22,23). The number of benzene rings is 1. The molecule has 8 heteroatoms. The summed E-state index contributed by atoms with van der Waals surface area (Å²) in [5.74, 6) is 0.545. The maximum absolute atomic E-state index is 13.0. The van der Waals surface area contributed by atoms with E-state index in [2.05, 4.69) is 25.8 Å². The second kappa shape index (κ2) is 6.39. The third kappa shape index (κ3) is 3.88. The number of para-hydroxylation sites is 1. The normalized spacial score (nSPS) is 15.6. The molecule has 1 aromatic carbocycles. The van der Waals surface area contributed by atoms with Crippen LogP contribution in [-0.2, 0) is 6.18 Å². The molecular weight excluding hydrogens is 307 g/mol. The van der Waals surface area contributed by atoms with Crippen molar-refractivity contribution in [1.82, 2.24) is 15.2 Å². The minimum atomic E-state index is -4.45. The number of rotatable bonds is 4. The van der Waals surface area contributed by atoms with Crippen molar-refractivity contribution in [2.24, 2.45) is 0 Å². The van der Waals surface area contributed by atoms with Gasteiger partial charge >= 0.3 is 6.18 Å². The Balaban J connectivity index is 1.78. The van der Waals surface area contributed by atoms with Gasteiger partial charge in [-0.25, -0.2) is 0 Å². The van der Waals surface area contributed by atoms with Crippen LogP contribution in [-0.4, -0.2) is 21.2 Å². The third-order valence-corrected chi connectivity index (χ3v) is 3.74. The SMILES string of the molecule is FC(F)(F)c1ccccc1Nc1nncc(NC2CCCC2)n1. The molecule has 0 unspecified atom stereocenters. The number of nitrogens with zero attached hydrogens (tertiary/aromatic N) is 3. The first kappa shape index (κ1) is 15.5. The van der Waals surface area contributed by atoms with Crippen molar-refractivity contribution in [3.8, 4) is 0 Å². The van der Waals surface area contributed by atoms with Crippen molar-refractivity contribution in [1.29, 1.82) is 0 Å². The van der Waals surface area contributed by atoms with Gasteiger partial charge in [-0.3, -0.25) is 0 Å². The lowest BCUT2D eigenvalue weighted by Gasteiger charge is -2.15. The summed E-state index contributed by atoms with van der Waals surface area (Å²) in [7, 11) is 0. The van der Waals surface area contributed by atoms with Gasteiger partial charge in [0.25, 0.3) is 0 Å². The topological polar surface area (TPSA) is 62.7 Å². The summed E-state index contributed by atoms with van der Waals surface area (Å²) in [4.78, 5) is 4.19. The summed E-state index contributed by atoms with van der Waals surface area (Å²) in [6, 6.07) is 5.54. The zero-order valence-corrected chi connectivity index (χ0v) is 12.3. The maximum Gasteiger partial charge on any atom is 0.418 e. The smallest absolute Gasteiger partial charge is 0.366 e. The van der Waals surface area contributed by atoms with Crippen LogP contribution < -0.4 is 10.6 Å². The molecule has 1 aromatic heterocycles. The first-order valence-corrected chi connectivity index (χ1v) is 7.42. The molecule has 0 atom stereocenters. The molecule has 0 radical (unpaired) electrons. The van der Waals surface area contributed by atoms with E-state index in [0.29, 0.717) is 11.9 Å². The molecule has 23 heavy (non-hydrogen) atoms. The van der Waals surface area contributed by atoms with Gasteiger partial charge in [-0.05, 0) is 25.0 Å². The number of alkyl halides is 3. The van der Waals surface area contributed by atoms with Gasteiger partial charge in [-0.1, -0.05) is 25.0 Å². The van der Waals surface area contributed by atoms with Crippen molar-refractivity contribution in [2.75, 3.05) is 10.6 Å². The van der Waals surface area contributed by atoms with E-state index >= 15 is 0 Å². The minimum Gasteiger partial charge on any atom is -0.366 e. The number of nitrogens with one attached hydrogen (secondary N) is 2. The molecule has 5 nitrogen and oxygen atoms in total. The summed E-state index contributed by atoms with van der Waals surface area (Å²) < 4.78 is 39.0. The summed E-state index contributed by atoms with van der Waals surface area (Å²) in [6.07, 6.45) is 1.48. The molecule has 1 fully saturated rings. The van der Waals surface area contributed by atoms with Crippen LogP contribution in [0.25, 0.3) is 0 Å². The quantitative estimate of drug-likeness (QED) is 0.891. The molecule has 0 saturated heterocycles. The van der Waals surface area contributed by atoms with E-state index in [1.807, 2.05) is 0 Å². The number of halogens is 3. The lowest BCUT2D eigenvalue weighted by atomic mass is 10.1. The predicted octanol–water partition coefficient (Wildman–Crippen LogP) is 3.99. The molecule has 0 spiro atoms. The molecule has 2 N–H and O–H groups in total. The van der Waals surface area contributed by atoms with Gasteiger partial charge in [0, 0.05) is 6.04 Å². The molecular formula is C15H16F3N5. The number of anilines is 3. The van der Waals surface area contributed by atoms with Gasteiger partial charge in [-0.15, -0.1) is 5.10 Å². The average Bonchev–Trinajstić information content (AvgIpc) is 3.00. The maximum atomic E-state index is 13.0. The summed E-state index contributed by atoms with van der Waals surface area (Å²) in [5, 5.41) is 13.4. The van der Waals surface area contributed by atoms with Gasteiger partial charge in [-0.2, -0.15) is 23.3 Å². The van der Waals surface area contributed by atoms with E-state index in [-0.39, 0.29) is 11.6 Å². The van der Waals surface area contributed by atoms with Crippen molar-refractivity contribution >= 4 is 17.5 Å². The Labute approximate surface area is 131 Å². The van der Waals surface area contributed by atoms with Crippen LogP contribution in [0.15, 0.2) is 30.5 Å². The van der Waals surface area contributed by atoms with Crippen molar-refractivity contribution < 1.29 is 13.2 Å². The highest BCUT2D eigenvalue weighted by Crippen LogP contribution is 2.35. The Morgan fingerprint density at radius 3 is 2.57 bits per heavy atom. The van der Waals surface area contributed by atoms with Gasteiger partial charge in [0.15, 0.2) is 5.82 Å². The summed E-state index contributed by atoms with van der Waals surface area (Å²) >= 11 is 0. The van der Waals surface area contributed by atoms with Crippen LogP contribution >= 0.6 is 0 Å². The Hall–Kier alpha value is -2.38. The first-order chi connectivity index (χ1) is 11.0. The van der Waals surface area contributed by atoms with Crippen LogP contribution in [0.1, 0.15) is 31.2 Å². The molecule has 0 amide bonds. The van der Waals surface area contributed by atoms with Crippen LogP contribution in [0.2, 0.25) is 0 Å². The van der Waals surface area contributed by atoms with Crippen molar-refractivity contribution in [2.45, 2.75) is 37.9 Å². The Morgan fingerprint density at radius 2 is 1.83 bits per heavy atom. The third-order valence-electron chi connectivity index (χ3n) is 3.74. The number of hydrogen-bond donors (Lipinski definition) is 2. The Bertz CT molecular complexity index is 668. The fourth-order valence-corrected chi connectivity index (χ4v) is 2.67. The number of aromatic nitrogens is 3. The fraction of sp³-hybridized carbons (Fsp3) is 0.400. The minimum absolute atomic E-state index is 0.0321. The van der Waals surface area contributed by atoms with E-state index in [1.165, 1.54) is 37.2 Å². The van der Waals surface area contributed by atoms with Crippen LogP contribution in [0.5, 0.6) is 0 Å². The molecule has 2 aromatic rings. The van der Waals surface area contributed by atoms with E-state index < -0.39 is 11.7 Å².